The van der Waals surface area contributed by atoms with Crippen molar-refractivity contribution in [1.82, 2.24) is 5.32 Å². The lowest BCUT2D eigenvalue weighted by Gasteiger charge is -2.43. The third kappa shape index (κ3) is 4.64. The lowest BCUT2D eigenvalue weighted by Crippen LogP contribution is -2.49. The van der Waals surface area contributed by atoms with Gasteiger partial charge in [-0.2, -0.15) is 0 Å². The molecule has 2 fully saturated rings. The number of nitrogens with one attached hydrogen (secondary N) is 1. The van der Waals surface area contributed by atoms with Crippen molar-refractivity contribution in [2.24, 2.45) is 23.5 Å². The Balaban J connectivity index is 0.00000208. The molecule has 1 amide bonds. The maximum Gasteiger partial charge on any atom is 0.223 e. The van der Waals surface area contributed by atoms with Crippen molar-refractivity contribution in [3.8, 4) is 5.75 Å². The molecule has 0 aromatic heterocycles. The molecule has 0 saturated heterocycles. The number of hydrogen-bond acceptors (Lipinski definition) is 3. The third-order valence-electron chi connectivity index (χ3n) is 5.44. The summed E-state index contributed by atoms with van der Waals surface area (Å²) in [6.07, 6.45) is 5.59. The zero-order chi connectivity index (χ0) is 16.2. The Morgan fingerprint density at radius 3 is 2.67 bits per heavy atom. The number of carbonyl (C=O) groups is 1. The molecule has 0 spiro atoms. The van der Waals surface area contributed by atoms with Crippen LogP contribution in [-0.2, 0) is 4.79 Å². The van der Waals surface area contributed by atoms with Gasteiger partial charge in [-0.15, -0.1) is 12.4 Å². The van der Waals surface area contributed by atoms with E-state index in [4.69, 9.17) is 10.5 Å². The highest BCUT2D eigenvalue weighted by Gasteiger charge is 2.40. The van der Waals surface area contributed by atoms with Gasteiger partial charge < -0.3 is 15.8 Å². The van der Waals surface area contributed by atoms with Crippen LogP contribution in [0, 0.1) is 24.7 Å². The van der Waals surface area contributed by atoms with Crippen LogP contribution in [0.1, 0.15) is 37.7 Å². The van der Waals surface area contributed by atoms with E-state index in [1.54, 1.807) is 0 Å². The van der Waals surface area contributed by atoms with Gasteiger partial charge in [0.2, 0.25) is 5.91 Å². The van der Waals surface area contributed by atoms with Crippen LogP contribution in [0.2, 0.25) is 0 Å². The fourth-order valence-electron chi connectivity index (χ4n) is 4.20. The minimum absolute atomic E-state index is 0. The second-order valence-electron chi connectivity index (χ2n) is 7.15. The van der Waals surface area contributed by atoms with Gasteiger partial charge in [0.05, 0.1) is 6.54 Å². The molecule has 5 heteroatoms. The number of halogens is 1. The van der Waals surface area contributed by atoms with Crippen LogP contribution >= 0.6 is 12.4 Å². The summed E-state index contributed by atoms with van der Waals surface area (Å²) in [5.41, 5.74) is 7.47. The van der Waals surface area contributed by atoms with E-state index >= 15 is 0 Å². The number of hydrogen-bond donors (Lipinski definition) is 2. The predicted molar refractivity (Wildman–Crippen MR) is 98.5 cm³/mol. The minimum atomic E-state index is 0. The van der Waals surface area contributed by atoms with E-state index in [-0.39, 0.29) is 24.2 Å². The van der Waals surface area contributed by atoms with Gasteiger partial charge in [-0.3, -0.25) is 4.79 Å². The first-order valence-corrected chi connectivity index (χ1v) is 8.86. The molecule has 24 heavy (non-hydrogen) atoms. The molecule has 4 nitrogen and oxygen atoms in total. The van der Waals surface area contributed by atoms with E-state index in [9.17, 15) is 4.79 Å². The van der Waals surface area contributed by atoms with Crippen LogP contribution in [0.4, 0.5) is 0 Å². The number of benzene rings is 1. The average molecular weight is 353 g/mol. The fraction of sp³-hybridized carbons (Fsp3) is 0.632. The maximum atomic E-state index is 12.4. The largest absolute Gasteiger partial charge is 0.492 e. The summed E-state index contributed by atoms with van der Waals surface area (Å²) in [5.74, 6) is 2.27. The molecule has 2 aliphatic rings. The zero-order valence-electron chi connectivity index (χ0n) is 14.4. The van der Waals surface area contributed by atoms with Gasteiger partial charge in [0, 0.05) is 12.0 Å². The molecule has 3 rings (SSSR count). The summed E-state index contributed by atoms with van der Waals surface area (Å²) in [5, 5.41) is 3.04. The number of amides is 1. The van der Waals surface area contributed by atoms with Crippen molar-refractivity contribution in [3.63, 3.8) is 0 Å². The van der Waals surface area contributed by atoms with Gasteiger partial charge in [0.25, 0.3) is 0 Å². The van der Waals surface area contributed by atoms with Crippen LogP contribution in [0.3, 0.4) is 0 Å². The normalized spacial score (nSPS) is 28.6. The highest BCUT2D eigenvalue weighted by molar-refractivity contribution is 5.85. The quantitative estimate of drug-likeness (QED) is 0.800. The van der Waals surface area contributed by atoms with Crippen molar-refractivity contribution in [1.29, 1.82) is 0 Å². The van der Waals surface area contributed by atoms with Crippen LogP contribution in [0.25, 0.3) is 0 Å². The van der Waals surface area contributed by atoms with E-state index in [2.05, 4.69) is 5.32 Å². The van der Waals surface area contributed by atoms with E-state index in [1.165, 1.54) is 24.8 Å². The molecule has 0 radical (unpaired) electrons. The molecule has 1 aromatic rings. The Bertz CT molecular complexity index is 538. The topological polar surface area (TPSA) is 64.3 Å². The number of fused-ring (bicyclic) bond motifs is 2. The first kappa shape index (κ1) is 19.1. The summed E-state index contributed by atoms with van der Waals surface area (Å²) in [6, 6.07) is 8.29. The lowest BCUT2D eigenvalue weighted by atomic mass is 9.65. The SMILES string of the molecule is Cc1cccc(OCCNC(=O)C2CC3CCCC(C2)C3N)c1.Cl. The van der Waals surface area contributed by atoms with Gasteiger partial charge >= 0.3 is 0 Å². The molecule has 2 saturated carbocycles. The van der Waals surface area contributed by atoms with Gasteiger partial charge in [-0.25, -0.2) is 0 Å². The molecular weight excluding hydrogens is 324 g/mol. The summed E-state index contributed by atoms with van der Waals surface area (Å²) in [4.78, 5) is 12.4. The summed E-state index contributed by atoms with van der Waals surface area (Å²) in [7, 11) is 0. The van der Waals surface area contributed by atoms with Gasteiger partial charge in [-0.1, -0.05) is 18.6 Å². The van der Waals surface area contributed by atoms with Crippen LogP contribution in [0.5, 0.6) is 5.75 Å². The van der Waals surface area contributed by atoms with E-state index < -0.39 is 0 Å². The number of nitrogens with two attached hydrogens (primary N) is 1. The van der Waals surface area contributed by atoms with Gasteiger partial charge in [0.1, 0.15) is 12.4 Å². The Hall–Kier alpha value is -1.26. The second-order valence-corrected chi connectivity index (χ2v) is 7.15. The summed E-state index contributed by atoms with van der Waals surface area (Å²) < 4.78 is 5.68. The molecule has 2 aliphatic carbocycles. The standard InChI is InChI=1S/C19H28N2O2.ClH/c1-13-4-2-7-17(10-13)23-9-8-21-19(22)16-11-14-5-3-6-15(12-16)18(14)20;/h2,4,7,10,14-16,18H,3,5-6,8-9,11-12,20H2,1H3,(H,21,22);1H. The molecule has 2 bridgehead atoms. The second kappa shape index (κ2) is 8.72. The summed E-state index contributed by atoms with van der Waals surface area (Å²) >= 11 is 0. The van der Waals surface area contributed by atoms with E-state index in [0.717, 1.165) is 18.6 Å². The van der Waals surface area contributed by atoms with Crippen LogP contribution in [-0.4, -0.2) is 25.1 Å². The predicted octanol–water partition coefficient (Wildman–Crippen LogP) is 3.07. The third-order valence-corrected chi connectivity index (χ3v) is 5.44. The van der Waals surface area contributed by atoms with Gasteiger partial charge in [-0.05, 0) is 62.1 Å². The van der Waals surface area contributed by atoms with E-state index in [0.29, 0.717) is 31.0 Å². The molecule has 2 atom stereocenters. The Morgan fingerprint density at radius 1 is 1.29 bits per heavy atom. The highest BCUT2D eigenvalue weighted by Crippen LogP contribution is 2.41. The molecular formula is C19H29ClN2O2. The zero-order valence-corrected chi connectivity index (χ0v) is 15.2. The summed E-state index contributed by atoms with van der Waals surface area (Å²) in [6.45, 7) is 3.11. The molecule has 1 aromatic carbocycles. The monoisotopic (exact) mass is 352 g/mol. The molecule has 0 aliphatic heterocycles. The molecule has 134 valence electrons. The van der Waals surface area contributed by atoms with Crippen molar-refractivity contribution >= 4 is 18.3 Å². The Labute approximate surface area is 150 Å². The number of carbonyl (C=O) groups excluding carboxylic acids is 1. The lowest BCUT2D eigenvalue weighted by molar-refractivity contribution is -0.128. The van der Waals surface area contributed by atoms with Gasteiger partial charge in [0.15, 0.2) is 0 Å². The maximum absolute atomic E-state index is 12.4. The Kier molecular flexibility index (Phi) is 6.93. The fourth-order valence-corrected chi connectivity index (χ4v) is 4.20. The number of ether oxygens (including phenoxy) is 1. The van der Waals surface area contributed by atoms with Crippen LogP contribution in [0.15, 0.2) is 24.3 Å². The molecule has 3 N–H and O–H groups in total. The molecule has 0 heterocycles. The first-order chi connectivity index (χ1) is 11.1. The number of aryl methyl sites for hydroxylation is 1. The Morgan fingerprint density at radius 2 is 2.00 bits per heavy atom. The van der Waals surface area contributed by atoms with E-state index in [1.807, 2.05) is 31.2 Å². The average Bonchev–Trinajstić information content (AvgIpc) is 2.51. The van der Waals surface area contributed by atoms with Crippen molar-refractivity contribution < 1.29 is 9.53 Å². The van der Waals surface area contributed by atoms with Crippen molar-refractivity contribution in [2.45, 2.75) is 45.1 Å². The first-order valence-electron chi connectivity index (χ1n) is 8.86. The van der Waals surface area contributed by atoms with Crippen molar-refractivity contribution in [3.05, 3.63) is 29.8 Å². The number of rotatable bonds is 5. The van der Waals surface area contributed by atoms with Crippen molar-refractivity contribution in [2.75, 3.05) is 13.2 Å². The smallest absolute Gasteiger partial charge is 0.223 e. The molecule has 2 unspecified atom stereocenters. The van der Waals surface area contributed by atoms with Crippen LogP contribution < -0.4 is 15.8 Å². The highest BCUT2D eigenvalue weighted by atomic mass is 35.5. The minimum Gasteiger partial charge on any atom is -0.492 e.